The van der Waals surface area contributed by atoms with Gasteiger partial charge in [-0.1, -0.05) is 26.0 Å². The molecule has 3 N–H and O–H groups in total. The van der Waals surface area contributed by atoms with Crippen molar-refractivity contribution in [3.63, 3.8) is 0 Å². The Bertz CT molecular complexity index is 1540. The second-order valence-corrected chi connectivity index (χ2v) is 12.2. The topological polar surface area (TPSA) is 85.0 Å². The van der Waals surface area contributed by atoms with Gasteiger partial charge in [0.25, 0.3) is 5.56 Å². The lowest BCUT2D eigenvalue weighted by molar-refractivity contribution is 0.140. The molecule has 2 fully saturated rings. The Kier molecular flexibility index (Phi) is 5.57. The first-order valence-electron chi connectivity index (χ1n) is 13.4. The maximum absolute atomic E-state index is 12.8. The van der Waals surface area contributed by atoms with Gasteiger partial charge in [-0.15, -0.1) is 0 Å². The van der Waals surface area contributed by atoms with Crippen LogP contribution in [-0.2, 0) is 0 Å². The molecule has 1 saturated carbocycles. The molecule has 6 nitrogen and oxygen atoms in total. The van der Waals surface area contributed by atoms with Crippen molar-refractivity contribution in [3.8, 4) is 28.3 Å². The molecular weight excluding hydrogens is 460 g/mol. The normalized spacial score (nSPS) is 22.0. The minimum atomic E-state index is -0.233. The summed E-state index contributed by atoms with van der Waals surface area (Å²) in [6, 6.07) is 15.3. The van der Waals surface area contributed by atoms with E-state index in [0.29, 0.717) is 28.8 Å². The van der Waals surface area contributed by atoms with Crippen LogP contribution in [0.3, 0.4) is 0 Å². The predicted molar refractivity (Wildman–Crippen MR) is 149 cm³/mol. The fourth-order valence-corrected chi connectivity index (χ4v) is 6.97. The van der Waals surface area contributed by atoms with Crippen LogP contribution in [-0.4, -0.2) is 37.8 Å². The number of phenolic OH excluding ortho intramolecular Hbond substituents is 1. The highest BCUT2D eigenvalue weighted by atomic mass is 16.3. The number of likely N-dealkylation sites (tertiary alicyclic amines) is 1. The maximum Gasteiger partial charge on any atom is 0.273 e. The highest BCUT2D eigenvalue weighted by molar-refractivity contribution is 5.86. The van der Waals surface area contributed by atoms with Crippen LogP contribution in [0.15, 0.2) is 47.3 Å². The largest absolute Gasteiger partial charge is 0.507 e. The monoisotopic (exact) mass is 496 g/mol. The van der Waals surface area contributed by atoms with Crippen molar-refractivity contribution in [2.24, 2.45) is 11.3 Å². The zero-order valence-electron chi connectivity index (χ0n) is 22.4. The van der Waals surface area contributed by atoms with E-state index in [1.54, 1.807) is 0 Å². The summed E-state index contributed by atoms with van der Waals surface area (Å²) in [4.78, 5) is 19.0. The lowest BCUT2D eigenvalue weighted by atomic mass is 9.72. The second kappa shape index (κ2) is 8.59. The Labute approximate surface area is 217 Å². The maximum atomic E-state index is 12.8. The van der Waals surface area contributed by atoms with Crippen LogP contribution in [0.1, 0.15) is 62.8 Å². The van der Waals surface area contributed by atoms with Crippen molar-refractivity contribution < 1.29 is 5.11 Å². The number of fused-ring (bicyclic) bond motifs is 3. The summed E-state index contributed by atoms with van der Waals surface area (Å²) < 4.78 is 0. The zero-order chi connectivity index (χ0) is 26.1. The molecule has 2 aromatic heterocycles. The van der Waals surface area contributed by atoms with Gasteiger partial charge in [-0.05, 0) is 98.4 Å². The highest BCUT2D eigenvalue weighted by Crippen LogP contribution is 2.48. The molecule has 3 atom stereocenters. The summed E-state index contributed by atoms with van der Waals surface area (Å²) in [5, 5.41) is 18.2. The number of aromatic hydroxyl groups is 1. The van der Waals surface area contributed by atoms with Crippen molar-refractivity contribution >= 4 is 10.9 Å². The summed E-state index contributed by atoms with van der Waals surface area (Å²) in [5.41, 5.74) is 6.96. The SMILES string of the molecule is Cc1cc(-c2cc(-c3cc4ccc([C@H](C)N5CC6C[C@@H]5CC(C)(C)C6)cc4[nH]3)c(=O)[nH]n2)cc(C)c1O. The average molecular weight is 497 g/mol. The Morgan fingerprint density at radius 2 is 1.84 bits per heavy atom. The molecule has 2 bridgehead atoms. The summed E-state index contributed by atoms with van der Waals surface area (Å²) in [6.45, 7) is 12.1. The summed E-state index contributed by atoms with van der Waals surface area (Å²) >= 11 is 0. The zero-order valence-corrected chi connectivity index (χ0v) is 22.4. The number of rotatable bonds is 4. The van der Waals surface area contributed by atoms with E-state index < -0.39 is 0 Å². The molecule has 2 aromatic carbocycles. The van der Waals surface area contributed by atoms with Crippen molar-refractivity contribution in [2.45, 2.75) is 66.0 Å². The molecule has 1 aliphatic carbocycles. The Balaban J connectivity index is 1.32. The second-order valence-electron chi connectivity index (χ2n) is 12.2. The van der Waals surface area contributed by atoms with Crippen LogP contribution in [0, 0.1) is 25.2 Å². The van der Waals surface area contributed by atoms with Gasteiger partial charge < -0.3 is 10.1 Å². The minimum Gasteiger partial charge on any atom is -0.507 e. The number of aryl methyl sites for hydroxylation is 2. The third kappa shape index (κ3) is 4.27. The van der Waals surface area contributed by atoms with Crippen molar-refractivity contribution in [1.82, 2.24) is 20.1 Å². The number of nitrogens with one attached hydrogen (secondary N) is 2. The van der Waals surface area contributed by atoms with Gasteiger partial charge in [-0.25, -0.2) is 5.10 Å². The van der Waals surface area contributed by atoms with Gasteiger partial charge in [0.05, 0.1) is 17.0 Å². The molecule has 0 radical (unpaired) electrons. The molecule has 1 saturated heterocycles. The molecule has 6 heteroatoms. The third-order valence-corrected chi connectivity index (χ3v) is 8.68. The van der Waals surface area contributed by atoms with Crippen molar-refractivity contribution in [1.29, 1.82) is 0 Å². The van der Waals surface area contributed by atoms with Gasteiger partial charge in [0.2, 0.25) is 0 Å². The number of aromatic nitrogens is 3. The van der Waals surface area contributed by atoms with Crippen LogP contribution in [0.25, 0.3) is 33.4 Å². The van der Waals surface area contributed by atoms with Gasteiger partial charge in [-0.3, -0.25) is 9.69 Å². The Morgan fingerprint density at radius 3 is 2.59 bits per heavy atom. The van der Waals surface area contributed by atoms with E-state index in [1.165, 1.54) is 31.4 Å². The number of benzene rings is 2. The number of H-pyrrole nitrogens is 2. The van der Waals surface area contributed by atoms with Gasteiger partial charge >= 0.3 is 0 Å². The van der Waals surface area contributed by atoms with Gasteiger partial charge in [0.15, 0.2) is 0 Å². The van der Waals surface area contributed by atoms with Crippen LogP contribution in [0.4, 0.5) is 0 Å². The number of hydrogen-bond donors (Lipinski definition) is 3. The van der Waals surface area contributed by atoms with Crippen LogP contribution < -0.4 is 5.56 Å². The van der Waals surface area contributed by atoms with E-state index in [1.807, 2.05) is 38.1 Å². The predicted octanol–water partition coefficient (Wildman–Crippen LogP) is 6.48. The van der Waals surface area contributed by atoms with Crippen molar-refractivity contribution in [2.75, 3.05) is 6.54 Å². The van der Waals surface area contributed by atoms with Crippen LogP contribution in [0.5, 0.6) is 5.75 Å². The van der Waals surface area contributed by atoms with Crippen molar-refractivity contribution in [3.05, 3.63) is 69.5 Å². The summed E-state index contributed by atoms with van der Waals surface area (Å²) in [5.74, 6) is 1.10. The molecule has 3 heterocycles. The molecular formula is C31H36N4O2. The molecule has 37 heavy (non-hydrogen) atoms. The molecule has 1 unspecified atom stereocenters. The van der Waals surface area contributed by atoms with E-state index in [0.717, 1.165) is 39.2 Å². The smallest absolute Gasteiger partial charge is 0.273 e. The fraction of sp³-hybridized carbons (Fsp3) is 0.419. The summed E-state index contributed by atoms with van der Waals surface area (Å²) in [7, 11) is 0. The average Bonchev–Trinajstić information content (AvgIpc) is 3.41. The summed E-state index contributed by atoms with van der Waals surface area (Å²) in [6.07, 6.45) is 3.93. The molecule has 192 valence electrons. The highest BCUT2D eigenvalue weighted by Gasteiger charge is 2.44. The first kappa shape index (κ1) is 24.0. The van der Waals surface area contributed by atoms with Gasteiger partial charge in [0, 0.05) is 35.1 Å². The standard InChI is InChI=1S/C31H36N4O2/c1-17-8-23(9-18(2)29(17)36)27-13-25(30(37)34-33-27)28-12-22-7-6-21(11-26(22)32-28)19(3)35-16-20-10-24(35)15-31(4,5)14-20/h6-9,11-13,19-20,24,32,36H,10,14-16H2,1-5H3,(H,34,37)/t19-,20?,24+/m0/s1. The van der Waals surface area contributed by atoms with Gasteiger partial charge in [0.1, 0.15) is 5.75 Å². The molecule has 0 amide bonds. The number of phenols is 1. The first-order chi connectivity index (χ1) is 17.6. The molecule has 4 aromatic rings. The van der Waals surface area contributed by atoms with Gasteiger partial charge in [-0.2, -0.15) is 5.10 Å². The van der Waals surface area contributed by atoms with Crippen LogP contribution in [0.2, 0.25) is 0 Å². The number of aromatic amines is 2. The van der Waals surface area contributed by atoms with E-state index in [4.69, 9.17) is 0 Å². The lowest BCUT2D eigenvalue weighted by Gasteiger charge is -2.37. The van der Waals surface area contributed by atoms with E-state index >= 15 is 0 Å². The molecule has 2 aliphatic rings. The Hall–Kier alpha value is -3.38. The Morgan fingerprint density at radius 1 is 1.08 bits per heavy atom. The van der Waals surface area contributed by atoms with E-state index in [-0.39, 0.29) is 11.3 Å². The molecule has 1 aliphatic heterocycles. The van der Waals surface area contributed by atoms with Crippen LogP contribution >= 0.6 is 0 Å². The molecule has 0 spiro atoms. The number of nitrogens with zero attached hydrogens (tertiary/aromatic N) is 2. The third-order valence-electron chi connectivity index (χ3n) is 8.68. The fourth-order valence-electron chi connectivity index (χ4n) is 6.97. The number of hydrogen-bond acceptors (Lipinski definition) is 4. The molecule has 6 rings (SSSR count). The van der Waals surface area contributed by atoms with E-state index in [9.17, 15) is 9.90 Å². The first-order valence-corrected chi connectivity index (χ1v) is 13.4. The van der Waals surface area contributed by atoms with E-state index in [2.05, 4.69) is 59.1 Å². The lowest BCUT2D eigenvalue weighted by Crippen LogP contribution is -2.35. The minimum absolute atomic E-state index is 0.233. The quantitative estimate of drug-likeness (QED) is 0.302.